The standard InChI is InChI=1S/C16H18INO3/c1-8-6-11(17)7-9(2)12(8)13-14(21-10(3)19)16(4,5)18-15(13)20/h6-7H,1-5H3,(H,18,20). The van der Waals surface area contributed by atoms with E-state index in [4.69, 9.17) is 4.74 Å². The highest BCUT2D eigenvalue weighted by molar-refractivity contribution is 14.1. The Morgan fingerprint density at radius 2 is 1.76 bits per heavy atom. The Balaban J connectivity index is 2.73. The fourth-order valence-electron chi connectivity index (χ4n) is 2.67. The number of ether oxygens (including phenoxy) is 1. The molecule has 1 amide bonds. The van der Waals surface area contributed by atoms with Crippen LogP contribution in [-0.4, -0.2) is 17.4 Å². The van der Waals surface area contributed by atoms with E-state index in [0.717, 1.165) is 20.3 Å². The molecule has 5 heteroatoms. The van der Waals surface area contributed by atoms with Gasteiger partial charge in [-0.25, -0.2) is 0 Å². The first-order chi connectivity index (χ1) is 9.63. The van der Waals surface area contributed by atoms with Gasteiger partial charge in [-0.15, -0.1) is 0 Å². The molecule has 0 radical (unpaired) electrons. The van der Waals surface area contributed by atoms with Gasteiger partial charge in [0.2, 0.25) is 0 Å². The van der Waals surface area contributed by atoms with Gasteiger partial charge in [-0.3, -0.25) is 9.59 Å². The number of carbonyl (C=O) groups is 2. The van der Waals surface area contributed by atoms with Crippen LogP contribution >= 0.6 is 22.6 Å². The van der Waals surface area contributed by atoms with Crippen molar-refractivity contribution < 1.29 is 14.3 Å². The van der Waals surface area contributed by atoms with Crippen LogP contribution in [-0.2, 0) is 14.3 Å². The molecule has 0 saturated carbocycles. The molecule has 1 aliphatic heterocycles. The Morgan fingerprint density at radius 1 is 1.24 bits per heavy atom. The molecule has 1 aromatic carbocycles. The van der Waals surface area contributed by atoms with Crippen molar-refractivity contribution in [3.8, 4) is 0 Å². The van der Waals surface area contributed by atoms with Crippen LogP contribution in [0.15, 0.2) is 17.9 Å². The van der Waals surface area contributed by atoms with Crippen LogP contribution < -0.4 is 5.32 Å². The summed E-state index contributed by atoms with van der Waals surface area (Å²) in [6, 6.07) is 4.03. The average molecular weight is 399 g/mol. The van der Waals surface area contributed by atoms with E-state index in [1.807, 2.05) is 39.8 Å². The summed E-state index contributed by atoms with van der Waals surface area (Å²) in [6.07, 6.45) is 0. The largest absolute Gasteiger partial charge is 0.428 e. The summed E-state index contributed by atoms with van der Waals surface area (Å²) in [5.41, 5.74) is 2.59. The summed E-state index contributed by atoms with van der Waals surface area (Å²) in [6.45, 7) is 8.92. The Morgan fingerprint density at radius 3 is 2.24 bits per heavy atom. The van der Waals surface area contributed by atoms with E-state index in [9.17, 15) is 9.59 Å². The van der Waals surface area contributed by atoms with Crippen LogP contribution in [0.1, 0.15) is 37.5 Å². The monoisotopic (exact) mass is 399 g/mol. The van der Waals surface area contributed by atoms with Crippen molar-refractivity contribution in [2.24, 2.45) is 0 Å². The summed E-state index contributed by atoms with van der Waals surface area (Å²) in [5, 5.41) is 2.87. The first kappa shape index (κ1) is 16.0. The number of halogens is 1. The molecule has 1 heterocycles. The molecular weight excluding hydrogens is 381 g/mol. The Kier molecular flexibility index (Phi) is 4.15. The minimum absolute atomic E-state index is 0.205. The molecule has 1 aromatic rings. The zero-order valence-corrected chi connectivity index (χ0v) is 14.9. The van der Waals surface area contributed by atoms with E-state index in [2.05, 4.69) is 27.9 Å². The molecule has 1 aliphatic rings. The normalized spacial score (nSPS) is 17.0. The molecule has 0 saturated heterocycles. The smallest absolute Gasteiger partial charge is 0.307 e. The predicted molar refractivity (Wildman–Crippen MR) is 89.5 cm³/mol. The molecule has 0 fully saturated rings. The highest BCUT2D eigenvalue weighted by Gasteiger charge is 2.41. The highest BCUT2D eigenvalue weighted by atomic mass is 127. The number of benzene rings is 1. The van der Waals surface area contributed by atoms with Gasteiger partial charge in [0.25, 0.3) is 5.91 Å². The SMILES string of the molecule is CC(=O)OC1=C(c2c(C)cc(I)cc2C)C(=O)NC1(C)C. The molecular formula is C16H18INO3. The Hall–Kier alpha value is -1.37. The molecule has 0 aromatic heterocycles. The van der Waals surface area contributed by atoms with Gasteiger partial charge >= 0.3 is 5.97 Å². The second-order valence-electron chi connectivity index (χ2n) is 5.79. The molecule has 21 heavy (non-hydrogen) atoms. The van der Waals surface area contributed by atoms with Crippen molar-refractivity contribution in [2.75, 3.05) is 0 Å². The average Bonchev–Trinajstić information content (AvgIpc) is 2.49. The molecule has 0 aliphatic carbocycles. The summed E-state index contributed by atoms with van der Waals surface area (Å²) >= 11 is 2.25. The van der Waals surface area contributed by atoms with E-state index in [0.29, 0.717) is 11.3 Å². The lowest BCUT2D eigenvalue weighted by Gasteiger charge is -2.21. The highest BCUT2D eigenvalue weighted by Crippen LogP contribution is 2.37. The third-order valence-corrected chi connectivity index (χ3v) is 4.06. The minimum Gasteiger partial charge on any atom is -0.428 e. The van der Waals surface area contributed by atoms with Crippen LogP contribution in [0.3, 0.4) is 0 Å². The van der Waals surface area contributed by atoms with Gasteiger partial charge in [-0.2, -0.15) is 0 Å². The Labute approximate surface area is 138 Å². The number of amides is 1. The van der Waals surface area contributed by atoms with Gasteiger partial charge in [-0.05, 0) is 79.1 Å². The number of hydrogen-bond acceptors (Lipinski definition) is 3. The van der Waals surface area contributed by atoms with Crippen LogP contribution in [0.25, 0.3) is 5.57 Å². The van der Waals surface area contributed by atoms with Gasteiger partial charge in [-0.1, -0.05) is 0 Å². The summed E-state index contributed by atoms with van der Waals surface area (Å²) in [5.74, 6) is -0.232. The number of aryl methyl sites for hydroxylation is 2. The van der Waals surface area contributed by atoms with E-state index in [-0.39, 0.29) is 5.91 Å². The molecule has 0 spiro atoms. The third kappa shape index (κ3) is 2.97. The molecule has 4 nitrogen and oxygen atoms in total. The van der Waals surface area contributed by atoms with Gasteiger partial charge < -0.3 is 10.1 Å². The lowest BCUT2D eigenvalue weighted by atomic mass is 9.93. The van der Waals surface area contributed by atoms with Crippen molar-refractivity contribution in [3.63, 3.8) is 0 Å². The first-order valence-corrected chi connectivity index (χ1v) is 7.74. The summed E-state index contributed by atoms with van der Waals surface area (Å²) in [4.78, 5) is 23.8. The molecule has 0 unspecified atom stereocenters. The lowest BCUT2D eigenvalue weighted by molar-refractivity contribution is -0.137. The van der Waals surface area contributed by atoms with E-state index in [1.165, 1.54) is 6.92 Å². The van der Waals surface area contributed by atoms with E-state index in [1.54, 1.807) is 0 Å². The molecule has 112 valence electrons. The minimum atomic E-state index is -0.694. The summed E-state index contributed by atoms with van der Waals surface area (Å²) in [7, 11) is 0. The molecule has 0 bridgehead atoms. The van der Waals surface area contributed by atoms with Crippen molar-refractivity contribution >= 4 is 40.0 Å². The number of carbonyl (C=O) groups excluding carboxylic acids is 2. The number of rotatable bonds is 2. The zero-order valence-electron chi connectivity index (χ0n) is 12.8. The van der Waals surface area contributed by atoms with Crippen LogP contribution in [0.5, 0.6) is 0 Å². The first-order valence-electron chi connectivity index (χ1n) is 6.66. The fraction of sp³-hybridized carbons (Fsp3) is 0.375. The van der Waals surface area contributed by atoms with Crippen LogP contribution in [0.4, 0.5) is 0 Å². The van der Waals surface area contributed by atoms with Crippen molar-refractivity contribution in [2.45, 2.75) is 40.2 Å². The fourth-order valence-corrected chi connectivity index (χ4v) is 3.61. The quantitative estimate of drug-likeness (QED) is 0.615. The van der Waals surface area contributed by atoms with Gasteiger partial charge in [0.1, 0.15) is 5.76 Å². The van der Waals surface area contributed by atoms with Crippen molar-refractivity contribution in [1.82, 2.24) is 5.32 Å². The van der Waals surface area contributed by atoms with Crippen molar-refractivity contribution in [1.29, 1.82) is 0 Å². The second kappa shape index (κ2) is 5.44. The van der Waals surface area contributed by atoms with Crippen LogP contribution in [0.2, 0.25) is 0 Å². The van der Waals surface area contributed by atoms with Gasteiger partial charge in [0.05, 0.1) is 11.1 Å². The van der Waals surface area contributed by atoms with Gasteiger partial charge in [0.15, 0.2) is 0 Å². The molecule has 1 N–H and O–H groups in total. The zero-order chi connectivity index (χ0) is 15.9. The number of esters is 1. The predicted octanol–water partition coefficient (Wildman–Crippen LogP) is 3.09. The molecule has 0 atom stereocenters. The second-order valence-corrected chi connectivity index (χ2v) is 7.04. The maximum atomic E-state index is 12.4. The maximum absolute atomic E-state index is 12.4. The topological polar surface area (TPSA) is 55.4 Å². The van der Waals surface area contributed by atoms with Crippen molar-refractivity contribution in [3.05, 3.63) is 38.2 Å². The third-order valence-electron chi connectivity index (χ3n) is 3.44. The lowest BCUT2D eigenvalue weighted by Crippen LogP contribution is -2.39. The van der Waals surface area contributed by atoms with E-state index < -0.39 is 11.5 Å². The Bertz CT molecular complexity index is 651. The van der Waals surface area contributed by atoms with Crippen LogP contribution in [0, 0.1) is 17.4 Å². The van der Waals surface area contributed by atoms with Gasteiger partial charge in [0, 0.05) is 10.5 Å². The van der Waals surface area contributed by atoms with E-state index >= 15 is 0 Å². The number of hydrogen-bond donors (Lipinski definition) is 1. The number of nitrogens with one attached hydrogen (secondary N) is 1. The summed E-state index contributed by atoms with van der Waals surface area (Å²) < 4.78 is 6.47. The molecule has 2 rings (SSSR count). The maximum Gasteiger partial charge on any atom is 0.307 e.